The second-order valence-electron chi connectivity index (χ2n) is 5.19. The number of hydrogen-bond donors (Lipinski definition) is 1. The molecule has 7 heteroatoms. The average Bonchev–Trinajstić information content (AvgIpc) is 2.92. The molecule has 1 aromatic carbocycles. The largest absolute Gasteiger partial charge is 0.272 e. The third-order valence-corrected chi connectivity index (χ3v) is 5.28. The molecule has 1 aliphatic rings. The van der Waals surface area contributed by atoms with Gasteiger partial charge in [0.15, 0.2) is 0 Å². The SMILES string of the molecule is CC/C(=N\NC(=O)C1(C)CC1(Cl)Cl)c1ccc(Cl)cc1Cl. The van der Waals surface area contributed by atoms with Crippen molar-refractivity contribution in [2.24, 2.45) is 10.5 Å². The van der Waals surface area contributed by atoms with E-state index in [1.165, 1.54) is 0 Å². The van der Waals surface area contributed by atoms with Gasteiger partial charge in [0, 0.05) is 10.6 Å². The van der Waals surface area contributed by atoms with Crippen LogP contribution in [0.25, 0.3) is 0 Å². The van der Waals surface area contributed by atoms with Gasteiger partial charge in [-0.2, -0.15) is 5.10 Å². The maximum absolute atomic E-state index is 12.1. The normalized spacial score (nSPS) is 23.8. The van der Waals surface area contributed by atoms with Crippen LogP contribution in [0.5, 0.6) is 0 Å². The van der Waals surface area contributed by atoms with Crippen LogP contribution in [0.4, 0.5) is 0 Å². The van der Waals surface area contributed by atoms with E-state index in [1.807, 2.05) is 6.92 Å². The molecule has 0 spiro atoms. The first-order valence-corrected chi connectivity index (χ1v) is 7.92. The third-order valence-electron chi connectivity index (χ3n) is 3.63. The van der Waals surface area contributed by atoms with Crippen LogP contribution in [0.2, 0.25) is 10.0 Å². The molecule has 1 fully saturated rings. The van der Waals surface area contributed by atoms with Crippen molar-refractivity contribution in [2.75, 3.05) is 0 Å². The molecule has 1 atom stereocenters. The summed E-state index contributed by atoms with van der Waals surface area (Å²) in [4.78, 5) is 12.1. The molecule has 21 heavy (non-hydrogen) atoms. The number of carbonyl (C=O) groups excluding carboxylic acids is 1. The van der Waals surface area contributed by atoms with Gasteiger partial charge in [0.1, 0.15) is 4.33 Å². The van der Waals surface area contributed by atoms with E-state index in [-0.39, 0.29) is 5.91 Å². The van der Waals surface area contributed by atoms with E-state index in [1.54, 1.807) is 25.1 Å². The molecule has 0 bridgehead atoms. The second kappa shape index (κ2) is 5.96. The summed E-state index contributed by atoms with van der Waals surface area (Å²) in [5, 5.41) is 5.18. The highest BCUT2D eigenvalue weighted by Gasteiger charge is 2.68. The summed E-state index contributed by atoms with van der Waals surface area (Å²) in [5.74, 6) is -0.302. The Hall–Kier alpha value is -0.480. The number of carbonyl (C=O) groups is 1. The molecule has 0 saturated heterocycles. The Kier molecular flexibility index (Phi) is 4.79. The molecule has 1 saturated carbocycles. The lowest BCUT2D eigenvalue weighted by Gasteiger charge is -2.11. The number of nitrogens with one attached hydrogen (secondary N) is 1. The highest BCUT2D eigenvalue weighted by Crippen LogP contribution is 2.63. The Bertz CT molecular complexity index is 615. The molecule has 0 radical (unpaired) electrons. The smallest absolute Gasteiger partial charge is 0.249 e. The molecule has 1 amide bonds. The Morgan fingerprint density at radius 2 is 2.00 bits per heavy atom. The van der Waals surface area contributed by atoms with Crippen LogP contribution in [0, 0.1) is 5.41 Å². The molecule has 1 N–H and O–H groups in total. The van der Waals surface area contributed by atoms with E-state index in [9.17, 15) is 4.79 Å². The zero-order chi connectivity index (χ0) is 15.8. The minimum absolute atomic E-state index is 0.302. The lowest BCUT2D eigenvalue weighted by atomic mass is 10.1. The van der Waals surface area contributed by atoms with E-state index >= 15 is 0 Å². The van der Waals surface area contributed by atoms with Gasteiger partial charge >= 0.3 is 0 Å². The molecular weight excluding hydrogens is 354 g/mol. The molecule has 0 aliphatic heterocycles. The van der Waals surface area contributed by atoms with Crippen molar-refractivity contribution >= 4 is 58.0 Å². The molecule has 1 aromatic rings. The van der Waals surface area contributed by atoms with Crippen molar-refractivity contribution in [2.45, 2.75) is 31.0 Å². The highest BCUT2D eigenvalue weighted by atomic mass is 35.5. The van der Waals surface area contributed by atoms with Crippen LogP contribution < -0.4 is 5.43 Å². The first-order valence-electron chi connectivity index (χ1n) is 6.41. The van der Waals surface area contributed by atoms with Crippen LogP contribution in [0.15, 0.2) is 23.3 Å². The number of halogens is 4. The van der Waals surface area contributed by atoms with Crippen molar-refractivity contribution in [3.63, 3.8) is 0 Å². The molecule has 1 unspecified atom stereocenters. The summed E-state index contributed by atoms with van der Waals surface area (Å²) in [5.41, 5.74) is 3.10. The van der Waals surface area contributed by atoms with Crippen LogP contribution in [0.1, 0.15) is 32.3 Å². The topological polar surface area (TPSA) is 41.5 Å². The van der Waals surface area contributed by atoms with Crippen LogP contribution in [0.3, 0.4) is 0 Å². The zero-order valence-electron chi connectivity index (χ0n) is 11.5. The number of amides is 1. The number of rotatable bonds is 4. The van der Waals surface area contributed by atoms with Crippen molar-refractivity contribution in [3.8, 4) is 0 Å². The second-order valence-corrected chi connectivity index (χ2v) is 7.52. The van der Waals surface area contributed by atoms with Crippen LogP contribution >= 0.6 is 46.4 Å². The summed E-state index contributed by atoms with van der Waals surface area (Å²) in [7, 11) is 0. The fourth-order valence-corrected chi connectivity index (χ4v) is 3.16. The van der Waals surface area contributed by atoms with Crippen molar-refractivity contribution < 1.29 is 4.79 Å². The zero-order valence-corrected chi connectivity index (χ0v) is 14.5. The number of benzene rings is 1. The van der Waals surface area contributed by atoms with Gasteiger partial charge in [-0.05, 0) is 31.9 Å². The van der Waals surface area contributed by atoms with Crippen molar-refractivity contribution in [3.05, 3.63) is 33.8 Å². The first kappa shape index (κ1) is 16.9. The molecule has 2 rings (SSSR count). The quantitative estimate of drug-likeness (QED) is 0.463. The van der Waals surface area contributed by atoms with Gasteiger partial charge in [-0.3, -0.25) is 4.79 Å². The molecule has 3 nitrogen and oxygen atoms in total. The molecular formula is C14H14Cl4N2O. The standard InChI is InChI=1S/C14H14Cl4N2O/c1-3-11(9-5-4-8(15)6-10(9)16)19-20-12(21)13(2)7-14(13,17)18/h4-6H,3,7H2,1-2H3,(H,20,21)/b19-11+. The summed E-state index contributed by atoms with van der Waals surface area (Å²) in [6.07, 6.45) is 1.01. The Balaban J connectivity index is 2.17. The van der Waals surface area contributed by atoms with E-state index in [4.69, 9.17) is 46.4 Å². The Morgan fingerprint density at radius 1 is 1.38 bits per heavy atom. The van der Waals surface area contributed by atoms with E-state index in [0.717, 1.165) is 5.56 Å². The monoisotopic (exact) mass is 366 g/mol. The molecule has 0 aromatic heterocycles. The van der Waals surface area contributed by atoms with Gasteiger partial charge < -0.3 is 0 Å². The molecule has 114 valence electrons. The molecule has 1 aliphatic carbocycles. The highest BCUT2D eigenvalue weighted by molar-refractivity contribution is 6.53. The van der Waals surface area contributed by atoms with Crippen LogP contribution in [-0.2, 0) is 4.79 Å². The van der Waals surface area contributed by atoms with Gasteiger partial charge in [-0.25, -0.2) is 5.43 Å². The number of hydrazone groups is 1. The maximum Gasteiger partial charge on any atom is 0.249 e. The predicted molar refractivity (Wildman–Crippen MR) is 88.6 cm³/mol. The van der Waals surface area contributed by atoms with Gasteiger partial charge in [0.2, 0.25) is 5.91 Å². The summed E-state index contributed by atoms with van der Waals surface area (Å²) >= 11 is 24.0. The van der Waals surface area contributed by atoms with Crippen molar-refractivity contribution in [1.82, 2.24) is 5.43 Å². The van der Waals surface area contributed by atoms with E-state index in [2.05, 4.69) is 10.5 Å². The van der Waals surface area contributed by atoms with Gasteiger partial charge in [-0.15, -0.1) is 23.2 Å². The number of nitrogens with zero attached hydrogens (tertiary/aromatic N) is 1. The fourth-order valence-electron chi connectivity index (χ4n) is 1.94. The number of hydrogen-bond acceptors (Lipinski definition) is 2. The Labute approximate surface area is 143 Å². The predicted octanol–water partition coefficient (Wildman–Crippen LogP) is 4.81. The third kappa shape index (κ3) is 3.31. The minimum Gasteiger partial charge on any atom is -0.272 e. The maximum atomic E-state index is 12.1. The summed E-state index contributed by atoms with van der Waals surface area (Å²) in [6.45, 7) is 3.63. The Morgan fingerprint density at radius 3 is 2.48 bits per heavy atom. The summed E-state index contributed by atoms with van der Waals surface area (Å²) < 4.78 is -1.02. The number of alkyl halides is 2. The summed E-state index contributed by atoms with van der Waals surface area (Å²) in [6, 6.07) is 5.13. The van der Waals surface area contributed by atoms with E-state index in [0.29, 0.717) is 28.6 Å². The molecule has 0 heterocycles. The van der Waals surface area contributed by atoms with E-state index < -0.39 is 9.75 Å². The lowest BCUT2D eigenvalue weighted by molar-refractivity contribution is -0.125. The van der Waals surface area contributed by atoms with Gasteiger partial charge in [0.25, 0.3) is 0 Å². The van der Waals surface area contributed by atoms with Gasteiger partial charge in [-0.1, -0.05) is 36.2 Å². The first-order chi connectivity index (χ1) is 9.71. The lowest BCUT2D eigenvalue weighted by Crippen LogP contribution is -2.30. The van der Waals surface area contributed by atoms with Crippen molar-refractivity contribution in [1.29, 1.82) is 0 Å². The van der Waals surface area contributed by atoms with Crippen LogP contribution in [-0.4, -0.2) is 16.0 Å². The minimum atomic E-state index is -1.02. The fraction of sp³-hybridized carbons (Fsp3) is 0.429. The average molecular weight is 368 g/mol. The van der Waals surface area contributed by atoms with Gasteiger partial charge in [0.05, 0.1) is 16.1 Å².